The van der Waals surface area contributed by atoms with Gasteiger partial charge in [-0.1, -0.05) is 176 Å². The molecule has 0 N–H and O–H groups in total. The van der Waals surface area contributed by atoms with Crippen LogP contribution in [0, 0.1) is 0 Å². The van der Waals surface area contributed by atoms with Crippen LogP contribution in [0.5, 0.6) is 0 Å². The van der Waals surface area contributed by atoms with Gasteiger partial charge in [-0.3, -0.25) is 4.57 Å². The van der Waals surface area contributed by atoms with Gasteiger partial charge in [0, 0.05) is 33.5 Å². The molecule has 0 fully saturated rings. The fraction of sp³-hybridized carbons (Fsp3) is 0.0213. The van der Waals surface area contributed by atoms with Gasteiger partial charge in [0.05, 0.1) is 22.1 Å². The second-order valence-corrected chi connectivity index (χ2v) is 12.9. The van der Waals surface area contributed by atoms with Crippen LogP contribution in [0.1, 0.15) is 22.3 Å². The van der Waals surface area contributed by atoms with Crippen molar-refractivity contribution in [1.29, 1.82) is 0 Å². The van der Waals surface area contributed by atoms with E-state index in [-0.39, 0.29) is 0 Å². The van der Waals surface area contributed by atoms with Crippen molar-refractivity contribution in [3.05, 3.63) is 210 Å². The minimum atomic E-state index is -0.572. The molecular weight excluding hydrogens is 607 g/mol. The smallest absolute Gasteiger partial charge is 0.162 e. The van der Waals surface area contributed by atoms with Crippen LogP contribution in [0.15, 0.2) is 188 Å². The second kappa shape index (κ2) is 11.3. The van der Waals surface area contributed by atoms with E-state index in [1.807, 2.05) is 24.3 Å². The van der Waals surface area contributed by atoms with E-state index >= 15 is 0 Å². The molecule has 2 heterocycles. The average molecular weight is 638 g/mol. The first-order chi connectivity index (χ1) is 24.8. The number of hydrogen-bond acceptors (Lipinski definition) is 2. The molecule has 3 nitrogen and oxygen atoms in total. The average Bonchev–Trinajstić information content (AvgIpc) is 3.70. The molecule has 0 spiro atoms. The molecular formula is C47H31N3. The predicted octanol–water partition coefficient (Wildman–Crippen LogP) is 11.3. The van der Waals surface area contributed by atoms with Crippen molar-refractivity contribution in [2.45, 2.75) is 5.41 Å². The summed E-state index contributed by atoms with van der Waals surface area (Å²) >= 11 is 0. The summed E-state index contributed by atoms with van der Waals surface area (Å²) < 4.78 is 2.40. The number of fused-ring (bicyclic) bond motifs is 7. The highest BCUT2D eigenvalue weighted by Gasteiger charge is 2.48. The first kappa shape index (κ1) is 28.4. The maximum absolute atomic E-state index is 5.39. The molecule has 0 saturated heterocycles. The van der Waals surface area contributed by atoms with Crippen molar-refractivity contribution in [1.82, 2.24) is 14.5 Å². The Morgan fingerprint density at radius 3 is 1.72 bits per heavy atom. The minimum absolute atomic E-state index is 0.572. The Balaban J connectivity index is 1.40. The highest BCUT2D eigenvalue weighted by molar-refractivity contribution is 6.13. The zero-order valence-corrected chi connectivity index (χ0v) is 27.2. The summed E-state index contributed by atoms with van der Waals surface area (Å²) in [4.78, 5) is 10.5. The first-order valence-corrected chi connectivity index (χ1v) is 17.1. The molecule has 234 valence electrons. The van der Waals surface area contributed by atoms with Crippen molar-refractivity contribution >= 4 is 21.8 Å². The molecule has 0 unspecified atom stereocenters. The summed E-state index contributed by atoms with van der Waals surface area (Å²) in [6.07, 6.45) is 0. The highest BCUT2D eigenvalue weighted by Crippen LogP contribution is 2.59. The lowest BCUT2D eigenvalue weighted by molar-refractivity contribution is 0.771. The van der Waals surface area contributed by atoms with Crippen molar-refractivity contribution in [2.75, 3.05) is 0 Å². The summed E-state index contributed by atoms with van der Waals surface area (Å²) in [5, 5.41) is 2.39. The van der Waals surface area contributed by atoms with Gasteiger partial charge in [0.15, 0.2) is 5.82 Å². The molecule has 0 bridgehead atoms. The van der Waals surface area contributed by atoms with Crippen LogP contribution < -0.4 is 0 Å². The van der Waals surface area contributed by atoms with Gasteiger partial charge in [0.2, 0.25) is 0 Å². The number of nitrogens with zero attached hydrogens (tertiary/aromatic N) is 3. The topological polar surface area (TPSA) is 30.7 Å². The molecule has 10 rings (SSSR count). The number of para-hydroxylation sites is 1. The normalized spacial score (nSPS) is 13.0. The second-order valence-electron chi connectivity index (χ2n) is 12.9. The van der Waals surface area contributed by atoms with Gasteiger partial charge in [-0.25, -0.2) is 9.97 Å². The summed E-state index contributed by atoms with van der Waals surface area (Å²) in [6.45, 7) is 0. The third-order valence-electron chi connectivity index (χ3n) is 10.3. The fourth-order valence-corrected chi connectivity index (χ4v) is 8.24. The lowest BCUT2D eigenvalue weighted by Crippen LogP contribution is -2.29. The largest absolute Gasteiger partial charge is 0.293 e. The zero-order valence-electron chi connectivity index (χ0n) is 27.2. The molecule has 2 aromatic heterocycles. The van der Waals surface area contributed by atoms with Gasteiger partial charge in [-0.15, -0.1) is 0 Å². The monoisotopic (exact) mass is 637 g/mol. The van der Waals surface area contributed by atoms with Gasteiger partial charge in [-0.05, 0) is 33.9 Å². The van der Waals surface area contributed by atoms with E-state index in [2.05, 4.69) is 168 Å². The molecule has 0 saturated carbocycles. The molecule has 9 aromatic rings. The van der Waals surface area contributed by atoms with Gasteiger partial charge in [0.25, 0.3) is 0 Å². The van der Waals surface area contributed by atoms with Crippen molar-refractivity contribution < 1.29 is 0 Å². The van der Waals surface area contributed by atoms with Crippen LogP contribution in [0.25, 0.3) is 61.4 Å². The van der Waals surface area contributed by atoms with E-state index in [9.17, 15) is 0 Å². The van der Waals surface area contributed by atoms with Crippen molar-refractivity contribution in [2.24, 2.45) is 0 Å². The van der Waals surface area contributed by atoms with Gasteiger partial charge in [0.1, 0.15) is 5.82 Å². The standard InChI is InChI=1S/C47H31N3/c1-5-17-32(18-6-1)41-31-43(49-46(48-41)33-19-7-2-8-20-33)50-42-28-16-14-26-37(42)39-30-29-38-36-25-13-15-27-40(36)47(44(38)45(39)50,34-21-9-3-10-22-34)35-23-11-4-12-24-35/h1-31H. The maximum Gasteiger partial charge on any atom is 0.162 e. The van der Waals surface area contributed by atoms with Crippen LogP contribution in [-0.4, -0.2) is 14.5 Å². The lowest BCUT2D eigenvalue weighted by Gasteiger charge is -2.34. The van der Waals surface area contributed by atoms with Crippen LogP contribution in [-0.2, 0) is 5.41 Å². The van der Waals surface area contributed by atoms with Crippen LogP contribution in [0.2, 0.25) is 0 Å². The van der Waals surface area contributed by atoms with E-state index in [4.69, 9.17) is 9.97 Å². The molecule has 3 heteroatoms. The molecule has 1 aliphatic rings. The van der Waals surface area contributed by atoms with E-state index in [1.54, 1.807) is 0 Å². The van der Waals surface area contributed by atoms with Gasteiger partial charge < -0.3 is 0 Å². The summed E-state index contributed by atoms with van der Waals surface area (Å²) in [5.41, 5.74) is 12.1. The molecule has 0 aliphatic heterocycles. The maximum atomic E-state index is 5.39. The van der Waals surface area contributed by atoms with E-state index in [0.717, 1.165) is 33.7 Å². The van der Waals surface area contributed by atoms with Crippen molar-refractivity contribution in [3.63, 3.8) is 0 Å². The zero-order chi connectivity index (χ0) is 33.1. The highest BCUT2D eigenvalue weighted by atomic mass is 15.1. The van der Waals surface area contributed by atoms with Gasteiger partial charge >= 0.3 is 0 Å². The Bertz CT molecular complexity index is 2580. The van der Waals surface area contributed by atoms with E-state index in [0.29, 0.717) is 5.82 Å². The Hall–Kier alpha value is -6.58. The Morgan fingerprint density at radius 2 is 1.02 bits per heavy atom. The predicted molar refractivity (Wildman–Crippen MR) is 205 cm³/mol. The molecule has 50 heavy (non-hydrogen) atoms. The Kier molecular flexibility index (Phi) is 6.40. The first-order valence-electron chi connectivity index (χ1n) is 17.1. The quantitative estimate of drug-likeness (QED) is 0.188. The fourth-order valence-electron chi connectivity index (χ4n) is 8.24. The SMILES string of the molecule is c1ccc(-c2cc(-n3c4ccccc4c4ccc5c(c43)C(c3ccccc3)(c3ccccc3)c3ccccc3-5)nc(-c3ccccc3)n2)cc1. The molecule has 1 aliphatic carbocycles. The van der Waals surface area contributed by atoms with Gasteiger partial charge in [-0.2, -0.15) is 0 Å². The number of rotatable bonds is 5. The summed E-state index contributed by atoms with van der Waals surface area (Å²) in [7, 11) is 0. The Labute approximate surface area is 290 Å². The number of aromatic nitrogens is 3. The number of benzene rings is 7. The minimum Gasteiger partial charge on any atom is -0.293 e. The third kappa shape index (κ3) is 4.10. The molecule has 7 aromatic carbocycles. The third-order valence-corrected chi connectivity index (χ3v) is 10.3. The van der Waals surface area contributed by atoms with Crippen molar-refractivity contribution in [3.8, 4) is 39.6 Å². The van der Waals surface area contributed by atoms with Crippen LogP contribution >= 0.6 is 0 Å². The summed E-state index contributed by atoms with van der Waals surface area (Å²) in [5.74, 6) is 1.53. The van der Waals surface area contributed by atoms with Crippen LogP contribution in [0.4, 0.5) is 0 Å². The summed E-state index contributed by atoms with van der Waals surface area (Å²) in [6, 6.07) is 67.3. The van der Waals surface area contributed by atoms with E-state index < -0.39 is 5.41 Å². The van der Waals surface area contributed by atoms with E-state index in [1.165, 1.54) is 44.2 Å². The van der Waals surface area contributed by atoms with Crippen LogP contribution in [0.3, 0.4) is 0 Å². The Morgan fingerprint density at radius 1 is 0.440 bits per heavy atom. The number of hydrogen-bond donors (Lipinski definition) is 0. The molecule has 0 radical (unpaired) electrons. The molecule has 0 amide bonds. The lowest BCUT2D eigenvalue weighted by atomic mass is 9.67. The molecule has 0 atom stereocenters.